The predicted molar refractivity (Wildman–Crippen MR) is 105 cm³/mol. The Hall–Kier alpha value is -1.59. The van der Waals surface area contributed by atoms with E-state index in [4.69, 9.17) is 9.47 Å². The van der Waals surface area contributed by atoms with E-state index >= 15 is 0 Å². The molecule has 3 fully saturated rings. The van der Waals surface area contributed by atoms with Crippen molar-refractivity contribution in [2.75, 3.05) is 26.8 Å². The van der Waals surface area contributed by atoms with Crippen molar-refractivity contribution in [1.82, 2.24) is 10.2 Å². The summed E-state index contributed by atoms with van der Waals surface area (Å²) in [5.41, 5.74) is 1.17. The maximum Gasteiger partial charge on any atom is 0.234 e. The highest BCUT2D eigenvalue weighted by Crippen LogP contribution is 2.44. The fraction of sp³-hybridized carbons (Fsp3) is 0.682. The molecule has 1 N–H and O–H groups in total. The van der Waals surface area contributed by atoms with E-state index in [0.29, 0.717) is 12.6 Å². The minimum absolute atomic E-state index is 0.166. The number of ether oxygens (including phenoxy) is 2. The van der Waals surface area contributed by atoms with Gasteiger partial charge in [0.15, 0.2) is 0 Å². The minimum atomic E-state index is 0.166. The molecule has 1 aromatic rings. The highest BCUT2D eigenvalue weighted by molar-refractivity contribution is 5.78. The molecule has 0 spiro atoms. The van der Waals surface area contributed by atoms with Crippen LogP contribution in [0.25, 0.3) is 0 Å². The molecule has 1 aliphatic heterocycles. The van der Waals surface area contributed by atoms with E-state index in [1.807, 2.05) is 12.1 Å². The first-order chi connectivity index (χ1) is 13.2. The van der Waals surface area contributed by atoms with Crippen LogP contribution in [0.5, 0.6) is 5.75 Å². The third kappa shape index (κ3) is 5.45. The zero-order valence-corrected chi connectivity index (χ0v) is 16.4. The van der Waals surface area contributed by atoms with Crippen LogP contribution in [0.1, 0.15) is 44.1 Å². The molecule has 1 atom stereocenters. The topological polar surface area (TPSA) is 50.8 Å². The van der Waals surface area contributed by atoms with Crippen molar-refractivity contribution in [3.63, 3.8) is 0 Å². The van der Waals surface area contributed by atoms with Crippen LogP contribution >= 0.6 is 0 Å². The van der Waals surface area contributed by atoms with Crippen LogP contribution in [0, 0.1) is 11.8 Å². The Morgan fingerprint density at radius 1 is 1.26 bits per heavy atom. The average Bonchev–Trinajstić information content (AvgIpc) is 3.60. The summed E-state index contributed by atoms with van der Waals surface area (Å²) in [4.78, 5) is 15.0. The molecule has 2 aliphatic carbocycles. The molecular weight excluding hydrogens is 340 g/mol. The Morgan fingerprint density at radius 3 is 2.67 bits per heavy atom. The maximum atomic E-state index is 12.8. The molecule has 1 unspecified atom stereocenters. The number of nitrogens with one attached hydrogen (secondary N) is 1. The second-order valence-electron chi connectivity index (χ2n) is 8.42. The van der Waals surface area contributed by atoms with Crippen molar-refractivity contribution in [2.24, 2.45) is 11.8 Å². The number of hydrogen-bond acceptors (Lipinski definition) is 4. The number of benzene rings is 1. The third-order valence-electron chi connectivity index (χ3n) is 5.98. The maximum absolute atomic E-state index is 12.8. The SMILES string of the molecule is COc1cccc(CN(CC(=O)NC(C2CC2)C2CC2)CC2CCCO2)c1. The first kappa shape index (κ1) is 18.8. The predicted octanol–water partition coefficient (Wildman–Crippen LogP) is 2.98. The summed E-state index contributed by atoms with van der Waals surface area (Å²) in [5.74, 6) is 2.48. The summed E-state index contributed by atoms with van der Waals surface area (Å²) in [7, 11) is 1.69. The second kappa shape index (κ2) is 8.61. The van der Waals surface area contributed by atoms with Crippen LogP contribution in [0.15, 0.2) is 24.3 Å². The van der Waals surface area contributed by atoms with Gasteiger partial charge in [-0.1, -0.05) is 12.1 Å². The Bertz CT molecular complexity index is 624. The van der Waals surface area contributed by atoms with Gasteiger partial charge in [0.05, 0.1) is 19.8 Å². The Balaban J connectivity index is 1.37. The molecule has 1 saturated heterocycles. The third-order valence-corrected chi connectivity index (χ3v) is 5.98. The molecule has 4 rings (SSSR count). The first-order valence-corrected chi connectivity index (χ1v) is 10.5. The van der Waals surface area contributed by atoms with Gasteiger partial charge in [0.1, 0.15) is 5.75 Å². The lowest BCUT2D eigenvalue weighted by Gasteiger charge is -2.26. The number of methoxy groups -OCH3 is 1. The Kier molecular flexibility index (Phi) is 5.98. The summed E-state index contributed by atoms with van der Waals surface area (Å²) in [6, 6.07) is 8.53. The fourth-order valence-corrected chi connectivity index (χ4v) is 4.26. The van der Waals surface area contributed by atoms with Gasteiger partial charge in [0.2, 0.25) is 5.91 Å². The van der Waals surface area contributed by atoms with Crippen LogP contribution in [-0.4, -0.2) is 49.8 Å². The van der Waals surface area contributed by atoms with E-state index < -0.39 is 0 Å². The highest BCUT2D eigenvalue weighted by Gasteiger charge is 2.42. The monoisotopic (exact) mass is 372 g/mol. The van der Waals surface area contributed by atoms with E-state index in [-0.39, 0.29) is 12.0 Å². The van der Waals surface area contributed by atoms with Crippen LogP contribution in [-0.2, 0) is 16.1 Å². The summed E-state index contributed by atoms with van der Waals surface area (Å²) in [5, 5.41) is 3.36. The van der Waals surface area contributed by atoms with Crippen molar-refractivity contribution in [2.45, 2.75) is 57.2 Å². The van der Waals surface area contributed by atoms with Gasteiger partial charge in [-0.25, -0.2) is 0 Å². The van der Waals surface area contributed by atoms with E-state index in [1.54, 1.807) is 7.11 Å². The molecule has 0 radical (unpaired) electrons. The molecule has 5 nitrogen and oxygen atoms in total. The largest absolute Gasteiger partial charge is 0.497 e. The highest BCUT2D eigenvalue weighted by atomic mass is 16.5. The van der Waals surface area contributed by atoms with Crippen LogP contribution in [0.2, 0.25) is 0 Å². The molecule has 0 aromatic heterocycles. The van der Waals surface area contributed by atoms with E-state index in [1.165, 1.54) is 31.2 Å². The lowest BCUT2D eigenvalue weighted by atomic mass is 10.1. The van der Waals surface area contributed by atoms with Crippen LogP contribution < -0.4 is 10.1 Å². The number of nitrogens with zero attached hydrogens (tertiary/aromatic N) is 1. The number of hydrogen-bond donors (Lipinski definition) is 1. The zero-order chi connectivity index (χ0) is 18.6. The quantitative estimate of drug-likeness (QED) is 0.686. The second-order valence-corrected chi connectivity index (χ2v) is 8.42. The van der Waals surface area contributed by atoms with Gasteiger partial charge >= 0.3 is 0 Å². The molecule has 5 heteroatoms. The van der Waals surface area contributed by atoms with Crippen LogP contribution in [0.4, 0.5) is 0 Å². The van der Waals surface area contributed by atoms with Crippen molar-refractivity contribution < 1.29 is 14.3 Å². The molecule has 3 aliphatic rings. The normalized spacial score (nSPS) is 22.4. The zero-order valence-electron chi connectivity index (χ0n) is 16.4. The minimum Gasteiger partial charge on any atom is -0.497 e. The number of rotatable bonds is 10. The molecular formula is C22H32N2O3. The average molecular weight is 373 g/mol. The van der Waals surface area contributed by atoms with Crippen molar-refractivity contribution in [3.05, 3.63) is 29.8 Å². The summed E-state index contributed by atoms with van der Waals surface area (Å²) in [6.07, 6.45) is 7.58. The molecule has 1 heterocycles. The van der Waals surface area contributed by atoms with Gasteiger partial charge in [-0.2, -0.15) is 0 Å². The van der Waals surface area contributed by atoms with Gasteiger partial charge in [-0.3, -0.25) is 9.69 Å². The molecule has 0 bridgehead atoms. The lowest BCUT2D eigenvalue weighted by molar-refractivity contribution is -0.123. The molecule has 2 saturated carbocycles. The number of carbonyl (C=O) groups is 1. The summed E-state index contributed by atoms with van der Waals surface area (Å²) >= 11 is 0. The van der Waals surface area contributed by atoms with Crippen molar-refractivity contribution in [3.8, 4) is 5.75 Å². The van der Waals surface area contributed by atoms with Gasteiger partial charge in [0, 0.05) is 25.7 Å². The first-order valence-electron chi connectivity index (χ1n) is 10.5. The number of carbonyl (C=O) groups excluding carboxylic acids is 1. The number of amides is 1. The fourth-order valence-electron chi connectivity index (χ4n) is 4.26. The standard InChI is InChI=1S/C22H32N2O3/c1-26-19-5-2-4-16(12-19)13-24(14-20-6-3-11-27-20)15-21(25)23-22(17-7-8-17)18-9-10-18/h2,4-5,12,17-18,20,22H,3,6-11,13-15H2,1H3,(H,23,25). The molecule has 1 aromatic carbocycles. The van der Waals surface area contributed by atoms with Gasteiger partial charge < -0.3 is 14.8 Å². The molecule has 1 amide bonds. The smallest absolute Gasteiger partial charge is 0.234 e. The van der Waals surface area contributed by atoms with Gasteiger partial charge in [0.25, 0.3) is 0 Å². The summed E-state index contributed by atoms with van der Waals surface area (Å²) < 4.78 is 11.2. The van der Waals surface area contributed by atoms with E-state index in [2.05, 4.69) is 22.3 Å². The molecule has 27 heavy (non-hydrogen) atoms. The van der Waals surface area contributed by atoms with Gasteiger partial charge in [-0.15, -0.1) is 0 Å². The van der Waals surface area contributed by atoms with Gasteiger partial charge in [-0.05, 0) is 68.1 Å². The Labute approximate surface area is 162 Å². The summed E-state index contributed by atoms with van der Waals surface area (Å²) in [6.45, 7) is 2.83. The molecule has 148 valence electrons. The van der Waals surface area contributed by atoms with Crippen molar-refractivity contribution in [1.29, 1.82) is 0 Å². The van der Waals surface area contributed by atoms with Crippen molar-refractivity contribution >= 4 is 5.91 Å². The Morgan fingerprint density at radius 2 is 2.04 bits per heavy atom. The lowest BCUT2D eigenvalue weighted by Crippen LogP contribution is -2.45. The van der Waals surface area contributed by atoms with E-state index in [9.17, 15) is 4.79 Å². The van der Waals surface area contributed by atoms with Crippen LogP contribution in [0.3, 0.4) is 0 Å². The van der Waals surface area contributed by atoms with E-state index in [0.717, 1.165) is 50.1 Å².